The number of hydrogen-bond acceptors (Lipinski definition) is 3. The lowest BCUT2D eigenvalue weighted by Crippen LogP contribution is -2.39. The normalized spacial score (nSPS) is 26.4. The summed E-state index contributed by atoms with van der Waals surface area (Å²) in [6, 6.07) is 4.44. The van der Waals surface area contributed by atoms with Crippen LogP contribution in [0.25, 0.3) is 0 Å². The van der Waals surface area contributed by atoms with Crippen LogP contribution in [0.2, 0.25) is 0 Å². The minimum Gasteiger partial charge on any atom is -0.335 e. The third-order valence-electron chi connectivity index (χ3n) is 4.18. The third kappa shape index (κ3) is 2.78. The molecule has 1 amide bonds. The van der Waals surface area contributed by atoms with Gasteiger partial charge in [0.25, 0.3) is 0 Å². The van der Waals surface area contributed by atoms with Gasteiger partial charge in [0.05, 0.1) is 5.92 Å². The molecule has 2 unspecified atom stereocenters. The van der Waals surface area contributed by atoms with Crippen LogP contribution >= 0.6 is 0 Å². The van der Waals surface area contributed by atoms with Crippen LogP contribution in [0.15, 0.2) is 24.5 Å². The molecule has 1 saturated carbocycles. The van der Waals surface area contributed by atoms with Crippen LogP contribution in [0.1, 0.15) is 25.3 Å². The summed E-state index contributed by atoms with van der Waals surface area (Å²) in [6.45, 7) is 4.66. The van der Waals surface area contributed by atoms with E-state index in [0.29, 0.717) is 24.4 Å². The van der Waals surface area contributed by atoms with E-state index in [9.17, 15) is 4.79 Å². The molecule has 1 saturated heterocycles. The monoisotopic (exact) mass is 259 g/mol. The molecule has 4 heteroatoms. The Kier molecular flexibility index (Phi) is 3.51. The first kappa shape index (κ1) is 12.6. The van der Waals surface area contributed by atoms with E-state index in [1.807, 2.05) is 18.3 Å². The second-order valence-electron chi connectivity index (χ2n) is 5.80. The fourth-order valence-corrected chi connectivity index (χ4v) is 2.82. The topological polar surface area (TPSA) is 45.2 Å². The zero-order chi connectivity index (χ0) is 13.2. The minimum atomic E-state index is 0.150. The van der Waals surface area contributed by atoms with Crippen LogP contribution in [-0.4, -0.2) is 34.9 Å². The second kappa shape index (κ2) is 5.29. The van der Waals surface area contributed by atoms with E-state index < -0.39 is 0 Å². The zero-order valence-electron chi connectivity index (χ0n) is 11.4. The maximum Gasteiger partial charge on any atom is 0.227 e. The molecule has 2 heterocycles. The summed E-state index contributed by atoms with van der Waals surface area (Å²) in [6.07, 6.45) is 5.94. The number of carbonyl (C=O) groups excluding carboxylic acids is 1. The van der Waals surface area contributed by atoms with Gasteiger partial charge in [-0.15, -0.1) is 0 Å². The van der Waals surface area contributed by atoms with Gasteiger partial charge < -0.3 is 10.2 Å². The van der Waals surface area contributed by atoms with Gasteiger partial charge in [-0.05, 0) is 36.9 Å². The van der Waals surface area contributed by atoms with Crippen molar-refractivity contribution >= 4 is 5.91 Å². The molecular weight excluding hydrogens is 238 g/mol. The number of nitrogens with one attached hydrogen (secondary N) is 1. The lowest BCUT2D eigenvalue weighted by molar-refractivity contribution is -0.137. The van der Waals surface area contributed by atoms with Crippen molar-refractivity contribution in [1.29, 1.82) is 0 Å². The lowest BCUT2D eigenvalue weighted by atomic mass is 9.96. The standard InChI is InChI=1S/C15H21N3O/c1-11-7-17-9-14(11)15(19)18(13-4-5-13)10-12-3-2-6-16-8-12/h2-3,6,8,11,13-14,17H,4-5,7,9-10H2,1H3. The van der Waals surface area contributed by atoms with E-state index >= 15 is 0 Å². The van der Waals surface area contributed by atoms with Gasteiger partial charge in [-0.25, -0.2) is 0 Å². The van der Waals surface area contributed by atoms with Gasteiger partial charge in [0.2, 0.25) is 5.91 Å². The molecule has 1 aliphatic heterocycles. The highest BCUT2D eigenvalue weighted by molar-refractivity contribution is 5.80. The Hall–Kier alpha value is -1.42. The van der Waals surface area contributed by atoms with Gasteiger partial charge in [0.15, 0.2) is 0 Å². The molecule has 0 spiro atoms. The van der Waals surface area contributed by atoms with Crippen molar-refractivity contribution in [2.75, 3.05) is 13.1 Å². The molecule has 19 heavy (non-hydrogen) atoms. The van der Waals surface area contributed by atoms with Crippen LogP contribution in [0, 0.1) is 11.8 Å². The van der Waals surface area contributed by atoms with Crippen molar-refractivity contribution in [3.8, 4) is 0 Å². The lowest BCUT2D eigenvalue weighted by Gasteiger charge is -2.27. The number of pyridine rings is 1. The van der Waals surface area contributed by atoms with E-state index in [-0.39, 0.29) is 5.92 Å². The first-order valence-electron chi connectivity index (χ1n) is 7.16. The molecule has 0 bridgehead atoms. The van der Waals surface area contributed by atoms with Gasteiger partial charge >= 0.3 is 0 Å². The number of amides is 1. The van der Waals surface area contributed by atoms with Crippen LogP contribution < -0.4 is 5.32 Å². The average molecular weight is 259 g/mol. The highest BCUT2D eigenvalue weighted by Gasteiger charge is 2.39. The van der Waals surface area contributed by atoms with Crippen LogP contribution in [0.4, 0.5) is 0 Å². The fourth-order valence-electron chi connectivity index (χ4n) is 2.82. The first-order valence-corrected chi connectivity index (χ1v) is 7.16. The van der Waals surface area contributed by atoms with Crippen molar-refractivity contribution < 1.29 is 4.79 Å². The average Bonchev–Trinajstić information content (AvgIpc) is 3.18. The second-order valence-corrected chi connectivity index (χ2v) is 5.80. The quantitative estimate of drug-likeness (QED) is 0.889. The Morgan fingerprint density at radius 1 is 1.47 bits per heavy atom. The molecule has 0 aromatic carbocycles. The smallest absolute Gasteiger partial charge is 0.227 e. The van der Waals surface area contributed by atoms with E-state index in [0.717, 1.165) is 31.5 Å². The molecule has 2 fully saturated rings. The molecule has 3 rings (SSSR count). The highest BCUT2D eigenvalue weighted by Crippen LogP contribution is 2.31. The Morgan fingerprint density at radius 2 is 2.32 bits per heavy atom. The van der Waals surface area contributed by atoms with Crippen molar-refractivity contribution in [2.45, 2.75) is 32.4 Å². The summed E-state index contributed by atoms with van der Waals surface area (Å²) in [5, 5.41) is 3.32. The predicted molar refractivity (Wildman–Crippen MR) is 73.3 cm³/mol. The molecule has 1 aromatic heterocycles. The predicted octanol–water partition coefficient (Wildman–Crippen LogP) is 1.43. The molecule has 2 aliphatic rings. The highest BCUT2D eigenvalue weighted by atomic mass is 16.2. The summed E-state index contributed by atoms with van der Waals surface area (Å²) in [4.78, 5) is 18.9. The summed E-state index contributed by atoms with van der Waals surface area (Å²) >= 11 is 0. The first-order chi connectivity index (χ1) is 9.25. The molecule has 1 aromatic rings. The summed E-state index contributed by atoms with van der Waals surface area (Å²) in [7, 11) is 0. The van der Waals surface area contributed by atoms with E-state index in [1.165, 1.54) is 0 Å². The molecule has 1 aliphatic carbocycles. The van der Waals surface area contributed by atoms with Crippen LogP contribution in [-0.2, 0) is 11.3 Å². The number of hydrogen-bond donors (Lipinski definition) is 1. The van der Waals surface area contributed by atoms with E-state index in [4.69, 9.17) is 0 Å². The third-order valence-corrected chi connectivity index (χ3v) is 4.18. The molecule has 102 valence electrons. The molecule has 1 N–H and O–H groups in total. The summed E-state index contributed by atoms with van der Waals surface area (Å²) in [5.74, 6) is 0.920. The number of carbonyl (C=O) groups is 1. The Bertz CT molecular complexity index is 444. The maximum absolute atomic E-state index is 12.7. The Morgan fingerprint density at radius 3 is 2.89 bits per heavy atom. The van der Waals surface area contributed by atoms with Gasteiger partial charge in [0, 0.05) is 31.5 Å². The fraction of sp³-hybridized carbons (Fsp3) is 0.600. The van der Waals surface area contributed by atoms with Crippen molar-refractivity contribution in [3.05, 3.63) is 30.1 Å². The number of nitrogens with zero attached hydrogens (tertiary/aromatic N) is 2. The van der Waals surface area contributed by atoms with Gasteiger partial charge in [-0.1, -0.05) is 13.0 Å². The maximum atomic E-state index is 12.7. The molecule has 0 radical (unpaired) electrons. The Balaban J connectivity index is 1.72. The SMILES string of the molecule is CC1CNCC1C(=O)N(Cc1cccnc1)C1CC1. The molecule has 4 nitrogen and oxygen atoms in total. The van der Waals surface area contributed by atoms with Crippen LogP contribution in [0.3, 0.4) is 0 Å². The van der Waals surface area contributed by atoms with Crippen LogP contribution in [0.5, 0.6) is 0 Å². The molecule has 2 atom stereocenters. The number of aromatic nitrogens is 1. The molecular formula is C15H21N3O. The van der Waals surface area contributed by atoms with E-state index in [2.05, 4.69) is 22.1 Å². The van der Waals surface area contributed by atoms with E-state index in [1.54, 1.807) is 6.20 Å². The minimum absolute atomic E-state index is 0.150. The van der Waals surface area contributed by atoms with Gasteiger partial charge in [-0.2, -0.15) is 0 Å². The van der Waals surface area contributed by atoms with Crippen molar-refractivity contribution in [1.82, 2.24) is 15.2 Å². The summed E-state index contributed by atoms with van der Waals surface area (Å²) in [5.41, 5.74) is 1.13. The van der Waals surface area contributed by atoms with Gasteiger partial charge in [0.1, 0.15) is 0 Å². The van der Waals surface area contributed by atoms with Crippen molar-refractivity contribution in [2.24, 2.45) is 11.8 Å². The van der Waals surface area contributed by atoms with Crippen molar-refractivity contribution in [3.63, 3.8) is 0 Å². The number of rotatable bonds is 4. The largest absolute Gasteiger partial charge is 0.335 e. The summed E-state index contributed by atoms with van der Waals surface area (Å²) < 4.78 is 0. The zero-order valence-corrected chi connectivity index (χ0v) is 11.4. The Labute approximate surface area is 114 Å². The van der Waals surface area contributed by atoms with Gasteiger partial charge in [-0.3, -0.25) is 9.78 Å².